The van der Waals surface area contributed by atoms with Crippen LogP contribution in [0.25, 0.3) is 0 Å². The van der Waals surface area contributed by atoms with Crippen LogP contribution >= 0.6 is 15.9 Å². The lowest BCUT2D eigenvalue weighted by molar-refractivity contribution is -0.131. The number of aliphatic hydroxyl groups is 1. The quantitative estimate of drug-likeness (QED) is 0.631. The SMILES string of the molecule is Cc1ccc(N2C(=O)[C@@H]3[C@@H](C2=O)[C@]2(C)C=C[C@]3(CO)O2)cc1Br. The number of benzene rings is 1. The van der Waals surface area contributed by atoms with Gasteiger partial charge in [0.25, 0.3) is 0 Å². The fourth-order valence-electron chi connectivity index (χ4n) is 4.02. The van der Waals surface area contributed by atoms with Crippen molar-refractivity contribution in [3.63, 3.8) is 0 Å². The van der Waals surface area contributed by atoms with E-state index in [2.05, 4.69) is 15.9 Å². The fourth-order valence-corrected chi connectivity index (χ4v) is 4.38. The second-order valence-corrected chi connectivity index (χ2v) is 7.49. The van der Waals surface area contributed by atoms with E-state index in [-0.39, 0.29) is 18.4 Å². The number of hydrogen-bond donors (Lipinski definition) is 1. The minimum Gasteiger partial charge on any atom is -0.393 e. The van der Waals surface area contributed by atoms with Gasteiger partial charge in [0.2, 0.25) is 11.8 Å². The van der Waals surface area contributed by atoms with Gasteiger partial charge < -0.3 is 9.84 Å². The van der Waals surface area contributed by atoms with Crippen molar-refractivity contribution in [2.45, 2.75) is 25.0 Å². The topological polar surface area (TPSA) is 66.8 Å². The molecule has 0 radical (unpaired) electrons. The van der Waals surface area contributed by atoms with Gasteiger partial charge in [-0.2, -0.15) is 0 Å². The van der Waals surface area contributed by atoms with Crippen LogP contribution in [-0.4, -0.2) is 34.7 Å². The first-order valence-electron chi connectivity index (χ1n) is 7.48. The van der Waals surface area contributed by atoms with E-state index in [1.54, 1.807) is 31.2 Å². The first-order valence-corrected chi connectivity index (χ1v) is 8.28. The molecule has 120 valence electrons. The van der Waals surface area contributed by atoms with Crippen LogP contribution in [0.15, 0.2) is 34.8 Å². The molecule has 4 atom stereocenters. The number of aliphatic hydroxyl groups excluding tert-OH is 1. The molecule has 2 fully saturated rings. The predicted molar refractivity (Wildman–Crippen MR) is 86.8 cm³/mol. The van der Waals surface area contributed by atoms with Crippen molar-refractivity contribution in [3.8, 4) is 0 Å². The molecule has 2 saturated heterocycles. The van der Waals surface area contributed by atoms with Gasteiger partial charge >= 0.3 is 0 Å². The third kappa shape index (κ3) is 1.74. The zero-order chi connectivity index (χ0) is 16.6. The Bertz CT molecular complexity index is 776. The Labute approximate surface area is 142 Å². The highest BCUT2D eigenvalue weighted by molar-refractivity contribution is 9.10. The van der Waals surface area contributed by atoms with Crippen LogP contribution in [0, 0.1) is 18.8 Å². The van der Waals surface area contributed by atoms with E-state index in [0.717, 1.165) is 10.0 Å². The summed E-state index contributed by atoms with van der Waals surface area (Å²) in [7, 11) is 0. The summed E-state index contributed by atoms with van der Waals surface area (Å²) in [5.74, 6) is -1.84. The second-order valence-electron chi connectivity index (χ2n) is 6.63. The van der Waals surface area contributed by atoms with E-state index in [0.29, 0.717) is 5.69 Å². The lowest BCUT2D eigenvalue weighted by Crippen LogP contribution is -2.43. The Morgan fingerprint density at radius 2 is 1.96 bits per heavy atom. The van der Waals surface area contributed by atoms with Gasteiger partial charge in [0.05, 0.1) is 29.7 Å². The van der Waals surface area contributed by atoms with Crippen molar-refractivity contribution in [1.29, 1.82) is 0 Å². The highest BCUT2D eigenvalue weighted by Gasteiger charge is 2.72. The maximum absolute atomic E-state index is 13.0. The average molecular weight is 378 g/mol. The number of imide groups is 1. The van der Waals surface area contributed by atoms with Crippen molar-refractivity contribution < 1.29 is 19.4 Å². The van der Waals surface area contributed by atoms with Gasteiger partial charge in [0.1, 0.15) is 5.60 Å². The summed E-state index contributed by atoms with van der Waals surface area (Å²) in [6, 6.07) is 5.40. The molecule has 0 aromatic heterocycles. The third-order valence-corrected chi connectivity index (χ3v) is 6.07. The minimum absolute atomic E-state index is 0.266. The molecule has 1 aromatic carbocycles. The maximum atomic E-state index is 13.0. The van der Waals surface area contributed by atoms with Gasteiger partial charge in [0.15, 0.2) is 0 Å². The van der Waals surface area contributed by atoms with Crippen LogP contribution < -0.4 is 4.90 Å². The number of carbonyl (C=O) groups excluding carboxylic acids is 2. The number of amides is 2. The highest BCUT2D eigenvalue weighted by atomic mass is 79.9. The van der Waals surface area contributed by atoms with Crippen LogP contribution in [0.3, 0.4) is 0 Å². The van der Waals surface area contributed by atoms with Gasteiger partial charge in [-0.05, 0) is 31.5 Å². The second kappa shape index (κ2) is 4.53. The van der Waals surface area contributed by atoms with Crippen LogP contribution in [0.1, 0.15) is 12.5 Å². The molecular formula is C17H16BrNO4. The molecule has 23 heavy (non-hydrogen) atoms. The molecule has 2 amide bonds. The Hall–Kier alpha value is -1.50. The number of anilines is 1. The van der Waals surface area contributed by atoms with Gasteiger partial charge in [-0.3, -0.25) is 9.59 Å². The predicted octanol–water partition coefficient (Wildman–Crippen LogP) is 1.95. The van der Waals surface area contributed by atoms with E-state index in [9.17, 15) is 14.7 Å². The molecule has 1 N–H and O–H groups in total. The number of aryl methyl sites for hydroxylation is 1. The molecule has 1 aromatic rings. The smallest absolute Gasteiger partial charge is 0.241 e. The first-order chi connectivity index (χ1) is 10.8. The zero-order valence-corrected chi connectivity index (χ0v) is 14.3. The van der Waals surface area contributed by atoms with Crippen LogP contribution in [0.2, 0.25) is 0 Å². The first kappa shape index (κ1) is 15.1. The molecule has 4 rings (SSSR count). The van der Waals surface area contributed by atoms with E-state index in [4.69, 9.17) is 4.74 Å². The van der Waals surface area contributed by atoms with Crippen molar-refractivity contribution in [2.75, 3.05) is 11.5 Å². The third-order valence-electron chi connectivity index (χ3n) is 5.22. The van der Waals surface area contributed by atoms with E-state index >= 15 is 0 Å². The molecule has 0 unspecified atom stereocenters. The molecule has 3 heterocycles. The molecule has 0 aliphatic carbocycles. The number of halogens is 1. The number of ether oxygens (including phenoxy) is 1. The molecule has 3 aliphatic rings. The monoisotopic (exact) mass is 377 g/mol. The average Bonchev–Trinajstić information content (AvgIpc) is 3.09. The number of hydrogen-bond acceptors (Lipinski definition) is 4. The largest absolute Gasteiger partial charge is 0.393 e. The van der Waals surface area contributed by atoms with Crippen molar-refractivity contribution in [1.82, 2.24) is 0 Å². The maximum Gasteiger partial charge on any atom is 0.241 e. The summed E-state index contributed by atoms with van der Waals surface area (Å²) in [5, 5.41) is 9.78. The molecule has 0 saturated carbocycles. The Morgan fingerprint density at radius 1 is 1.26 bits per heavy atom. The molecule has 2 bridgehead atoms. The minimum atomic E-state index is -1.08. The number of fused-ring (bicyclic) bond motifs is 5. The summed E-state index contributed by atoms with van der Waals surface area (Å²) < 4.78 is 6.73. The van der Waals surface area contributed by atoms with Crippen molar-refractivity contribution >= 4 is 33.4 Å². The van der Waals surface area contributed by atoms with E-state index < -0.39 is 23.0 Å². The number of nitrogens with zero attached hydrogens (tertiary/aromatic N) is 1. The highest BCUT2D eigenvalue weighted by Crippen LogP contribution is 2.57. The van der Waals surface area contributed by atoms with Gasteiger partial charge in [-0.25, -0.2) is 4.90 Å². The normalized spacial score (nSPS) is 37.8. The summed E-state index contributed by atoms with van der Waals surface area (Å²) in [6.07, 6.45) is 3.53. The summed E-state index contributed by atoms with van der Waals surface area (Å²) in [4.78, 5) is 27.1. The summed E-state index contributed by atoms with van der Waals surface area (Å²) in [5.41, 5.74) is -0.348. The molecule has 0 spiro atoms. The summed E-state index contributed by atoms with van der Waals surface area (Å²) in [6.45, 7) is 3.42. The molecular weight excluding hydrogens is 362 g/mol. The lowest BCUT2D eigenvalue weighted by atomic mass is 9.73. The summed E-state index contributed by atoms with van der Waals surface area (Å²) >= 11 is 3.44. The number of rotatable bonds is 2. The Balaban J connectivity index is 1.81. The van der Waals surface area contributed by atoms with E-state index in [1.807, 2.05) is 13.0 Å². The Kier molecular flexibility index (Phi) is 2.96. The molecule has 3 aliphatic heterocycles. The van der Waals surface area contributed by atoms with Gasteiger partial charge in [-0.1, -0.05) is 34.1 Å². The lowest BCUT2D eigenvalue weighted by Gasteiger charge is -2.27. The Morgan fingerprint density at radius 3 is 2.61 bits per heavy atom. The number of carbonyl (C=O) groups is 2. The zero-order valence-electron chi connectivity index (χ0n) is 12.7. The van der Waals surface area contributed by atoms with Gasteiger partial charge in [0, 0.05) is 4.47 Å². The van der Waals surface area contributed by atoms with Crippen molar-refractivity contribution in [3.05, 3.63) is 40.4 Å². The van der Waals surface area contributed by atoms with Crippen LogP contribution in [0.4, 0.5) is 5.69 Å². The standard InChI is InChI=1S/C17H16BrNO4/c1-9-3-4-10(7-11(9)18)19-14(21)12-13(15(19)22)17(8-20)6-5-16(12,2)23-17/h3-7,12-13,20H,8H2,1-2H3/t12-,13-,16-,17+/m0/s1. The van der Waals surface area contributed by atoms with Crippen LogP contribution in [-0.2, 0) is 14.3 Å². The van der Waals surface area contributed by atoms with E-state index in [1.165, 1.54) is 4.90 Å². The van der Waals surface area contributed by atoms with Crippen LogP contribution in [0.5, 0.6) is 0 Å². The van der Waals surface area contributed by atoms with Crippen molar-refractivity contribution in [2.24, 2.45) is 11.8 Å². The molecule has 5 nitrogen and oxygen atoms in total. The molecule has 6 heteroatoms. The fraction of sp³-hybridized carbons (Fsp3) is 0.412. The van der Waals surface area contributed by atoms with Gasteiger partial charge in [-0.15, -0.1) is 0 Å².